The summed E-state index contributed by atoms with van der Waals surface area (Å²) in [5, 5.41) is 2.57. The van der Waals surface area contributed by atoms with Gasteiger partial charge in [0.05, 0.1) is 31.0 Å². The molecule has 0 saturated carbocycles. The van der Waals surface area contributed by atoms with Crippen LogP contribution in [0.15, 0.2) is 36.5 Å². The van der Waals surface area contributed by atoms with Crippen LogP contribution in [-0.4, -0.2) is 37.0 Å². The molecule has 114 valence electrons. The zero-order valence-corrected chi connectivity index (χ0v) is 12.0. The van der Waals surface area contributed by atoms with E-state index in [4.69, 9.17) is 0 Å². The maximum absolute atomic E-state index is 12.1. The summed E-state index contributed by atoms with van der Waals surface area (Å²) in [6.07, 6.45) is 1.60. The fourth-order valence-electron chi connectivity index (χ4n) is 1.84. The van der Waals surface area contributed by atoms with E-state index in [1.54, 1.807) is 18.3 Å². The molecule has 1 aromatic carbocycles. The van der Waals surface area contributed by atoms with Crippen molar-refractivity contribution in [1.29, 1.82) is 0 Å². The number of esters is 2. The molecule has 2 N–H and O–H groups in total. The molecular weight excluding hydrogens is 288 g/mol. The number of ether oxygens (including phenoxy) is 2. The zero-order valence-electron chi connectivity index (χ0n) is 12.0. The second kappa shape index (κ2) is 6.57. The van der Waals surface area contributed by atoms with Gasteiger partial charge in [0.1, 0.15) is 5.69 Å². The van der Waals surface area contributed by atoms with Gasteiger partial charge in [-0.25, -0.2) is 9.59 Å². The van der Waals surface area contributed by atoms with E-state index in [-0.39, 0.29) is 16.8 Å². The van der Waals surface area contributed by atoms with Crippen LogP contribution in [0.5, 0.6) is 0 Å². The van der Waals surface area contributed by atoms with Gasteiger partial charge >= 0.3 is 11.9 Å². The Morgan fingerprint density at radius 1 is 1.05 bits per heavy atom. The van der Waals surface area contributed by atoms with E-state index in [1.807, 2.05) is 0 Å². The van der Waals surface area contributed by atoms with Crippen LogP contribution in [0.2, 0.25) is 0 Å². The average molecular weight is 302 g/mol. The molecule has 0 saturated heterocycles. The van der Waals surface area contributed by atoms with Crippen molar-refractivity contribution in [1.82, 2.24) is 4.98 Å². The minimum atomic E-state index is -0.627. The van der Waals surface area contributed by atoms with E-state index < -0.39 is 17.8 Å². The number of rotatable bonds is 4. The van der Waals surface area contributed by atoms with Gasteiger partial charge in [-0.05, 0) is 30.3 Å². The molecule has 0 bridgehead atoms. The summed E-state index contributed by atoms with van der Waals surface area (Å²) in [5.41, 5.74) is 0.820. The number of carbonyl (C=O) groups excluding carboxylic acids is 3. The van der Waals surface area contributed by atoms with Crippen molar-refractivity contribution in [2.24, 2.45) is 0 Å². The van der Waals surface area contributed by atoms with Crippen LogP contribution in [0.3, 0.4) is 0 Å². The molecule has 1 aromatic heterocycles. The Kier molecular flexibility index (Phi) is 4.57. The number of benzene rings is 1. The Labute approximate surface area is 126 Å². The average Bonchev–Trinajstić information content (AvgIpc) is 3.07. The topological polar surface area (TPSA) is 97.5 Å². The molecule has 0 aliphatic carbocycles. The number of methoxy groups -OCH3 is 2. The molecule has 7 heteroatoms. The first kappa shape index (κ1) is 15.3. The molecule has 22 heavy (non-hydrogen) atoms. The lowest BCUT2D eigenvalue weighted by atomic mass is 10.1. The number of nitrogens with one attached hydrogen (secondary N) is 2. The molecule has 0 aliphatic heterocycles. The highest BCUT2D eigenvalue weighted by Crippen LogP contribution is 2.20. The number of aromatic amines is 1. The van der Waals surface area contributed by atoms with Gasteiger partial charge in [0.25, 0.3) is 5.91 Å². The molecule has 0 radical (unpaired) electrons. The summed E-state index contributed by atoms with van der Waals surface area (Å²) in [5.74, 6) is -1.65. The van der Waals surface area contributed by atoms with Crippen LogP contribution >= 0.6 is 0 Å². The van der Waals surface area contributed by atoms with Crippen molar-refractivity contribution < 1.29 is 23.9 Å². The number of H-pyrrole nitrogens is 1. The predicted octanol–water partition coefficient (Wildman–Crippen LogP) is 1.84. The van der Waals surface area contributed by atoms with Crippen LogP contribution < -0.4 is 5.32 Å². The molecule has 0 unspecified atom stereocenters. The Hall–Kier alpha value is -3.09. The first-order valence-corrected chi connectivity index (χ1v) is 6.32. The van der Waals surface area contributed by atoms with Crippen LogP contribution in [0.4, 0.5) is 5.69 Å². The van der Waals surface area contributed by atoms with Crippen LogP contribution in [-0.2, 0) is 9.47 Å². The van der Waals surface area contributed by atoms with Gasteiger partial charge in [0, 0.05) is 6.20 Å². The first-order chi connectivity index (χ1) is 10.6. The van der Waals surface area contributed by atoms with Crippen molar-refractivity contribution in [3.05, 3.63) is 53.3 Å². The molecule has 7 nitrogen and oxygen atoms in total. The third kappa shape index (κ3) is 3.14. The minimum absolute atomic E-state index is 0.134. The second-order valence-corrected chi connectivity index (χ2v) is 4.28. The second-order valence-electron chi connectivity index (χ2n) is 4.28. The summed E-state index contributed by atoms with van der Waals surface area (Å²) in [6.45, 7) is 0. The maximum Gasteiger partial charge on any atom is 0.339 e. The quantitative estimate of drug-likeness (QED) is 0.840. The standard InChI is InChI=1S/C15H14N2O5/c1-21-14(19)9-5-6-10(15(20)22-2)12(8-9)17-13(18)11-4-3-7-16-11/h3-8,16H,1-2H3,(H,17,18). The minimum Gasteiger partial charge on any atom is -0.465 e. The van der Waals surface area contributed by atoms with Crippen molar-refractivity contribution in [2.45, 2.75) is 0 Å². The van der Waals surface area contributed by atoms with E-state index in [9.17, 15) is 14.4 Å². The third-order valence-electron chi connectivity index (χ3n) is 2.94. The van der Waals surface area contributed by atoms with Crippen molar-refractivity contribution in [3.63, 3.8) is 0 Å². The molecule has 1 amide bonds. The highest BCUT2D eigenvalue weighted by atomic mass is 16.5. The highest BCUT2D eigenvalue weighted by Gasteiger charge is 2.18. The highest BCUT2D eigenvalue weighted by molar-refractivity contribution is 6.08. The Morgan fingerprint density at radius 2 is 1.77 bits per heavy atom. The number of anilines is 1. The predicted molar refractivity (Wildman–Crippen MR) is 77.9 cm³/mol. The Bertz CT molecular complexity index is 707. The summed E-state index contributed by atoms with van der Waals surface area (Å²) in [4.78, 5) is 38.2. The van der Waals surface area contributed by atoms with Gasteiger partial charge in [-0.2, -0.15) is 0 Å². The number of aromatic nitrogens is 1. The Balaban J connectivity index is 2.38. The largest absolute Gasteiger partial charge is 0.465 e. The van der Waals surface area contributed by atoms with Crippen LogP contribution in [0.1, 0.15) is 31.2 Å². The number of hydrogen-bond acceptors (Lipinski definition) is 5. The van der Waals surface area contributed by atoms with Crippen molar-refractivity contribution in [2.75, 3.05) is 19.5 Å². The molecule has 2 aromatic rings. The molecule has 2 rings (SSSR count). The van der Waals surface area contributed by atoms with Gasteiger partial charge in [-0.15, -0.1) is 0 Å². The number of carbonyl (C=O) groups is 3. The first-order valence-electron chi connectivity index (χ1n) is 6.32. The van der Waals surface area contributed by atoms with Crippen LogP contribution in [0.25, 0.3) is 0 Å². The summed E-state index contributed by atoms with van der Waals surface area (Å²) in [7, 11) is 2.47. The summed E-state index contributed by atoms with van der Waals surface area (Å²) >= 11 is 0. The number of amides is 1. The maximum atomic E-state index is 12.1. The monoisotopic (exact) mass is 302 g/mol. The van der Waals surface area contributed by atoms with E-state index in [2.05, 4.69) is 19.8 Å². The van der Waals surface area contributed by atoms with Crippen LogP contribution in [0, 0.1) is 0 Å². The van der Waals surface area contributed by atoms with E-state index in [0.717, 1.165) is 0 Å². The molecule has 1 heterocycles. The van der Waals surface area contributed by atoms with Gasteiger partial charge < -0.3 is 19.8 Å². The third-order valence-corrected chi connectivity index (χ3v) is 2.94. The number of hydrogen-bond donors (Lipinski definition) is 2. The van der Waals surface area contributed by atoms with Crippen molar-refractivity contribution in [3.8, 4) is 0 Å². The molecule has 0 aliphatic rings. The molecule has 0 fully saturated rings. The molecule has 0 spiro atoms. The fourth-order valence-corrected chi connectivity index (χ4v) is 1.84. The summed E-state index contributed by atoms with van der Waals surface area (Å²) < 4.78 is 9.28. The fraction of sp³-hybridized carbons (Fsp3) is 0.133. The smallest absolute Gasteiger partial charge is 0.339 e. The van der Waals surface area contributed by atoms with Crippen molar-refractivity contribution >= 4 is 23.5 Å². The summed E-state index contributed by atoms with van der Waals surface area (Å²) in [6, 6.07) is 7.42. The van der Waals surface area contributed by atoms with E-state index in [0.29, 0.717) is 5.69 Å². The van der Waals surface area contributed by atoms with Gasteiger partial charge in [0.2, 0.25) is 0 Å². The molecule has 0 atom stereocenters. The van der Waals surface area contributed by atoms with E-state index >= 15 is 0 Å². The molecular formula is C15H14N2O5. The zero-order chi connectivity index (χ0) is 16.1. The Morgan fingerprint density at radius 3 is 2.36 bits per heavy atom. The van der Waals surface area contributed by atoms with Gasteiger partial charge in [-0.3, -0.25) is 4.79 Å². The van der Waals surface area contributed by atoms with Gasteiger partial charge in [0.15, 0.2) is 0 Å². The van der Waals surface area contributed by atoms with E-state index in [1.165, 1.54) is 32.4 Å². The normalized spacial score (nSPS) is 9.91. The SMILES string of the molecule is COC(=O)c1ccc(C(=O)OC)c(NC(=O)c2ccc[nH]2)c1. The van der Waals surface area contributed by atoms with Gasteiger partial charge in [-0.1, -0.05) is 0 Å². The lowest BCUT2D eigenvalue weighted by Crippen LogP contribution is -2.16. The lowest BCUT2D eigenvalue weighted by molar-refractivity contribution is 0.0587. The lowest BCUT2D eigenvalue weighted by Gasteiger charge is -2.11.